The van der Waals surface area contributed by atoms with Crippen molar-refractivity contribution in [1.82, 2.24) is 14.3 Å². The molecule has 5 nitrogen and oxygen atoms in total. The molecule has 0 unspecified atom stereocenters. The fourth-order valence-electron chi connectivity index (χ4n) is 1.71. The normalized spacial score (nSPS) is 10.3. The van der Waals surface area contributed by atoms with Crippen LogP contribution < -0.4 is 5.73 Å². The smallest absolute Gasteiger partial charge is 0.159 e. The van der Waals surface area contributed by atoms with Gasteiger partial charge < -0.3 is 5.73 Å². The molecule has 82 valence electrons. The van der Waals surface area contributed by atoms with E-state index in [4.69, 9.17) is 11.0 Å². The molecule has 0 saturated heterocycles. The number of nitrogen functional groups attached to an aromatic ring is 1. The second-order valence-corrected chi connectivity index (χ2v) is 3.51. The molecule has 2 rings (SSSR count). The summed E-state index contributed by atoms with van der Waals surface area (Å²) in [5.41, 5.74) is 7.94. The van der Waals surface area contributed by atoms with Crippen LogP contribution in [-0.2, 0) is 6.54 Å². The monoisotopic (exact) mass is 215 g/mol. The number of nitrogens with two attached hydrogens (primary N) is 1. The van der Waals surface area contributed by atoms with Crippen molar-refractivity contribution in [3.8, 4) is 11.9 Å². The van der Waals surface area contributed by atoms with Crippen molar-refractivity contribution in [3.05, 3.63) is 29.7 Å². The number of aromatic nitrogens is 3. The molecule has 0 aromatic carbocycles. The van der Waals surface area contributed by atoms with Gasteiger partial charge in [-0.3, -0.25) is 4.57 Å². The second kappa shape index (κ2) is 3.74. The maximum atomic E-state index is 8.99. The van der Waals surface area contributed by atoms with E-state index in [9.17, 15) is 0 Å². The van der Waals surface area contributed by atoms with E-state index in [2.05, 4.69) is 11.2 Å². The van der Waals surface area contributed by atoms with Crippen molar-refractivity contribution in [2.24, 2.45) is 0 Å². The number of hydrogen-bond donors (Lipinski definition) is 1. The molecule has 2 aromatic rings. The summed E-state index contributed by atoms with van der Waals surface area (Å²) in [5.74, 6) is 0.765. The Morgan fingerprint density at radius 2 is 2.31 bits per heavy atom. The van der Waals surface area contributed by atoms with E-state index in [1.54, 1.807) is 15.3 Å². The SMILES string of the molecule is CCn1nc(C)c(N)c1-n1cccc1C#N. The molecule has 5 heteroatoms. The highest BCUT2D eigenvalue weighted by Crippen LogP contribution is 2.22. The summed E-state index contributed by atoms with van der Waals surface area (Å²) < 4.78 is 3.56. The van der Waals surface area contributed by atoms with E-state index in [0.29, 0.717) is 11.4 Å². The van der Waals surface area contributed by atoms with Crippen molar-refractivity contribution < 1.29 is 0 Å². The zero-order chi connectivity index (χ0) is 11.7. The van der Waals surface area contributed by atoms with Gasteiger partial charge in [0.15, 0.2) is 5.82 Å². The number of anilines is 1. The van der Waals surface area contributed by atoms with Gasteiger partial charge in [-0.2, -0.15) is 10.4 Å². The lowest BCUT2D eigenvalue weighted by Gasteiger charge is -2.07. The minimum absolute atomic E-state index is 0.557. The van der Waals surface area contributed by atoms with Crippen LogP contribution in [0.3, 0.4) is 0 Å². The standard InChI is InChI=1S/C11H13N5/c1-3-16-11(10(13)8(2)14-16)15-6-4-5-9(15)7-12/h4-6H,3,13H2,1-2H3. The van der Waals surface area contributed by atoms with Crippen molar-refractivity contribution >= 4 is 5.69 Å². The number of hydrogen-bond acceptors (Lipinski definition) is 3. The number of rotatable bonds is 2. The van der Waals surface area contributed by atoms with Crippen LogP contribution >= 0.6 is 0 Å². The highest BCUT2D eigenvalue weighted by molar-refractivity contribution is 5.58. The number of aryl methyl sites for hydroxylation is 2. The summed E-state index contributed by atoms with van der Waals surface area (Å²) in [6, 6.07) is 5.70. The molecular weight excluding hydrogens is 202 g/mol. The summed E-state index contributed by atoms with van der Waals surface area (Å²) in [5, 5.41) is 13.3. The first-order valence-electron chi connectivity index (χ1n) is 5.09. The molecule has 2 aromatic heterocycles. The first-order chi connectivity index (χ1) is 7.69. The minimum atomic E-state index is 0.557. The Hall–Kier alpha value is -2.22. The average molecular weight is 215 g/mol. The largest absolute Gasteiger partial charge is 0.394 e. The molecule has 0 spiro atoms. The lowest BCUT2D eigenvalue weighted by atomic mass is 10.3. The van der Waals surface area contributed by atoms with Gasteiger partial charge in [0, 0.05) is 12.7 Å². The predicted molar refractivity (Wildman–Crippen MR) is 61.1 cm³/mol. The van der Waals surface area contributed by atoms with E-state index in [0.717, 1.165) is 18.1 Å². The lowest BCUT2D eigenvalue weighted by Crippen LogP contribution is -2.08. The molecule has 0 amide bonds. The van der Waals surface area contributed by atoms with E-state index < -0.39 is 0 Å². The van der Waals surface area contributed by atoms with Crippen LogP contribution in [0.4, 0.5) is 5.69 Å². The fraction of sp³-hybridized carbons (Fsp3) is 0.273. The van der Waals surface area contributed by atoms with E-state index in [1.165, 1.54) is 0 Å². The summed E-state index contributed by atoms with van der Waals surface area (Å²) in [6.45, 7) is 4.57. The van der Waals surface area contributed by atoms with Gasteiger partial charge in [0.25, 0.3) is 0 Å². The summed E-state index contributed by atoms with van der Waals surface area (Å²) in [4.78, 5) is 0. The number of nitrogens with zero attached hydrogens (tertiary/aromatic N) is 4. The molecule has 0 radical (unpaired) electrons. The van der Waals surface area contributed by atoms with E-state index in [1.807, 2.05) is 26.1 Å². The highest BCUT2D eigenvalue weighted by atomic mass is 15.3. The quantitative estimate of drug-likeness (QED) is 0.824. The molecule has 0 aliphatic heterocycles. The first kappa shape index (κ1) is 10.3. The summed E-state index contributed by atoms with van der Waals surface area (Å²) in [6.07, 6.45) is 1.82. The third-order valence-corrected chi connectivity index (χ3v) is 2.54. The van der Waals surface area contributed by atoms with Crippen molar-refractivity contribution in [2.75, 3.05) is 5.73 Å². The Bertz CT molecular complexity index is 555. The van der Waals surface area contributed by atoms with Gasteiger partial charge in [0.1, 0.15) is 11.8 Å². The molecule has 2 heterocycles. The predicted octanol–water partition coefficient (Wildman–Crippen LogP) is 1.46. The maximum Gasteiger partial charge on any atom is 0.159 e. The minimum Gasteiger partial charge on any atom is -0.394 e. The molecular formula is C11H13N5. The molecule has 0 bridgehead atoms. The van der Waals surface area contributed by atoms with Crippen LogP contribution in [0.15, 0.2) is 18.3 Å². The van der Waals surface area contributed by atoms with Crippen molar-refractivity contribution in [3.63, 3.8) is 0 Å². The zero-order valence-electron chi connectivity index (χ0n) is 9.31. The molecule has 0 fully saturated rings. The molecule has 2 N–H and O–H groups in total. The Morgan fingerprint density at radius 3 is 2.94 bits per heavy atom. The van der Waals surface area contributed by atoms with Gasteiger partial charge in [-0.1, -0.05) is 0 Å². The Balaban J connectivity index is 2.69. The third kappa shape index (κ3) is 1.36. The Kier molecular flexibility index (Phi) is 2.41. The van der Waals surface area contributed by atoms with Gasteiger partial charge in [0.05, 0.1) is 11.4 Å². The van der Waals surface area contributed by atoms with Crippen LogP contribution in [0.2, 0.25) is 0 Å². The van der Waals surface area contributed by atoms with Gasteiger partial charge >= 0.3 is 0 Å². The van der Waals surface area contributed by atoms with E-state index in [-0.39, 0.29) is 0 Å². The molecule has 0 aliphatic rings. The summed E-state index contributed by atoms with van der Waals surface area (Å²) >= 11 is 0. The maximum absolute atomic E-state index is 8.99. The second-order valence-electron chi connectivity index (χ2n) is 3.51. The van der Waals surface area contributed by atoms with Gasteiger partial charge in [0.2, 0.25) is 0 Å². The zero-order valence-corrected chi connectivity index (χ0v) is 9.31. The fourth-order valence-corrected chi connectivity index (χ4v) is 1.71. The molecule has 16 heavy (non-hydrogen) atoms. The topological polar surface area (TPSA) is 72.6 Å². The summed E-state index contributed by atoms with van der Waals surface area (Å²) in [7, 11) is 0. The lowest BCUT2D eigenvalue weighted by molar-refractivity contribution is 0.632. The van der Waals surface area contributed by atoms with Gasteiger partial charge in [-0.15, -0.1) is 0 Å². The Labute approximate surface area is 93.7 Å². The molecule has 0 aliphatic carbocycles. The average Bonchev–Trinajstić information content (AvgIpc) is 2.84. The molecule has 0 atom stereocenters. The first-order valence-corrected chi connectivity index (χ1v) is 5.09. The van der Waals surface area contributed by atoms with Crippen LogP contribution in [0.5, 0.6) is 0 Å². The van der Waals surface area contributed by atoms with Gasteiger partial charge in [-0.05, 0) is 26.0 Å². The van der Waals surface area contributed by atoms with Crippen molar-refractivity contribution in [1.29, 1.82) is 5.26 Å². The van der Waals surface area contributed by atoms with Crippen LogP contribution in [0.1, 0.15) is 18.3 Å². The van der Waals surface area contributed by atoms with Crippen LogP contribution in [-0.4, -0.2) is 14.3 Å². The number of nitriles is 1. The van der Waals surface area contributed by atoms with E-state index >= 15 is 0 Å². The third-order valence-electron chi connectivity index (χ3n) is 2.54. The Morgan fingerprint density at radius 1 is 1.56 bits per heavy atom. The van der Waals surface area contributed by atoms with Gasteiger partial charge in [-0.25, -0.2) is 4.68 Å². The van der Waals surface area contributed by atoms with Crippen molar-refractivity contribution in [2.45, 2.75) is 20.4 Å². The van der Waals surface area contributed by atoms with Crippen LogP contribution in [0.25, 0.3) is 5.82 Å². The van der Waals surface area contributed by atoms with Crippen LogP contribution in [0, 0.1) is 18.3 Å². The molecule has 0 saturated carbocycles. The highest BCUT2D eigenvalue weighted by Gasteiger charge is 2.15.